The van der Waals surface area contributed by atoms with Crippen LogP contribution in [0.15, 0.2) is 54.6 Å². The first-order chi connectivity index (χ1) is 9.07. The molecule has 2 rings (SSSR count). The number of carbonyl (C=O) groups excluding carboxylic acids is 1. The summed E-state index contributed by atoms with van der Waals surface area (Å²) < 4.78 is 0. The summed E-state index contributed by atoms with van der Waals surface area (Å²) in [5.41, 5.74) is 1.27. The molecule has 94 valence electrons. The summed E-state index contributed by atoms with van der Waals surface area (Å²) in [6.45, 7) is 3.72. The average Bonchev–Trinajstić information content (AvgIpc) is 2.47. The molecule has 0 aliphatic heterocycles. The first-order valence-corrected chi connectivity index (χ1v) is 6.17. The summed E-state index contributed by atoms with van der Waals surface area (Å²) >= 11 is 0. The molecule has 0 atom stereocenters. The van der Waals surface area contributed by atoms with Gasteiger partial charge in [0.15, 0.2) is 5.78 Å². The van der Waals surface area contributed by atoms with E-state index in [2.05, 4.69) is 6.07 Å². The highest BCUT2D eigenvalue weighted by atomic mass is 16.1. The van der Waals surface area contributed by atoms with E-state index in [9.17, 15) is 10.1 Å². The Labute approximate surface area is 113 Å². The van der Waals surface area contributed by atoms with Crippen LogP contribution in [0.4, 0.5) is 0 Å². The van der Waals surface area contributed by atoms with Crippen molar-refractivity contribution in [3.05, 3.63) is 71.3 Å². The molecule has 2 heteroatoms. The highest BCUT2D eigenvalue weighted by Crippen LogP contribution is 2.30. The molecule has 0 aliphatic rings. The van der Waals surface area contributed by atoms with Gasteiger partial charge in [0.2, 0.25) is 0 Å². The standard InChI is InChI=1S/C17H15NO/c1-17(2,15-11-7-6-10-14(15)12-18)16(19)13-8-4-3-5-9-13/h3-11H,1-2H3. The third kappa shape index (κ3) is 2.41. The number of hydrogen-bond donors (Lipinski definition) is 0. The quantitative estimate of drug-likeness (QED) is 0.778. The van der Waals surface area contributed by atoms with E-state index in [1.54, 1.807) is 18.2 Å². The molecule has 2 nitrogen and oxygen atoms in total. The molecule has 0 unspecified atom stereocenters. The summed E-state index contributed by atoms with van der Waals surface area (Å²) in [7, 11) is 0. The minimum absolute atomic E-state index is 0.0239. The van der Waals surface area contributed by atoms with Crippen LogP contribution in [-0.4, -0.2) is 5.78 Å². The van der Waals surface area contributed by atoms with E-state index in [0.717, 1.165) is 5.56 Å². The maximum absolute atomic E-state index is 12.6. The number of hydrogen-bond acceptors (Lipinski definition) is 2. The van der Waals surface area contributed by atoms with Crippen LogP contribution in [-0.2, 0) is 5.41 Å². The maximum atomic E-state index is 12.6. The topological polar surface area (TPSA) is 40.9 Å². The second kappa shape index (κ2) is 5.07. The lowest BCUT2D eigenvalue weighted by Gasteiger charge is -2.24. The molecule has 2 aromatic carbocycles. The van der Waals surface area contributed by atoms with Crippen LogP contribution in [0, 0.1) is 11.3 Å². The highest BCUT2D eigenvalue weighted by molar-refractivity contribution is 6.03. The van der Waals surface area contributed by atoms with E-state index in [4.69, 9.17) is 0 Å². The van der Waals surface area contributed by atoms with Crippen molar-refractivity contribution >= 4 is 5.78 Å². The number of ketones is 1. The van der Waals surface area contributed by atoms with Gasteiger partial charge in [-0.15, -0.1) is 0 Å². The Hall–Kier alpha value is -2.40. The molecule has 0 saturated heterocycles. The fourth-order valence-corrected chi connectivity index (χ4v) is 2.20. The van der Waals surface area contributed by atoms with Crippen molar-refractivity contribution in [2.24, 2.45) is 0 Å². The molecule has 0 aromatic heterocycles. The molecular weight excluding hydrogens is 234 g/mol. The van der Waals surface area contributed by atoms with Crippen molar-refractivity contribution < 1.29 is 4.79 Å². The smallest absolute Gasteiger partial charge is 0.172 e. The van der Waals surface area contributed by atoms with Crippen LogP contribution in [0.25, 0.3) is 0 Å². The number of nitrogens with zero attached hydrogens (tertiary/aromatic N) is 1. The van der Waals surface area contributed by atoms with Gasteiger partial charge in [0, 0.05) is 5.56 Å². The molecule has 0 bridgehead atoms. The second-order valence-corrected chi connectivity index (χ2v) is 4.98. The van der Waals surface area contributed by atoms with Gasteiger partial charge < -0.3 is 0 Å². The third-order valence-corrected chi connectivity index (χ3v) is 3.32. The monoisotopic (exact) mass is 249 g/mol. The Kier molecular flexibility index (Phi) is 3.48. The number of Topliss-reactive ketones (excluding diaryl/α,β-unsaturated/α-hetero) is 1. The van der Waals surface area contributed by atoms with E-state index in [0.29, 0.717) is 11.1 Å². The van der Waals surface area contributed by atoms with Gasteiger partial charge in [0.05, 0.1) is 17.0 Å². The zero-order valence-electron chi connectivity index (χ0n) is 11.1. The minimum atomic E-state index is -0.715. The fourth-order valence-electron chi connectivity index (χ4n) is 2.20. The molecule has 0 heterocycles. The largest absolute Gasteiger partial charge is 0.293 e. The Morgan fingerprint density at radius 1 is 1.00 bits per heavy atom. The van der Waals surface area contributed by atoms with Gasteiger partial charge in [0.25, 0.3) is 0 Å². The zero-order chi connectivity index (χ0) is 13.9. The van der Waals surface area contributed by atoms with Crippen LogP contribution in [0.2, 0.25) is 0 Å². The molecular formula is C17H15NO. The van der Waals surface area contributed by atoms with Gasteiger partial charge in [-0.3, -0.25) is 4.79 Å². The molecule has 0 saturated carbocycles. The summed E-state index contributed by atoms with van der Waals surface area (Å²) in [5, 5.41) is 9.17. The van der Waals surface area contributed by atoms with Crippen LogP contribution in [0.5, 0.6) is 0 Å². The van der Waals surface area contributed by atoms with Crippen molar-refractivity contribution in [3.8, 4) is 6.07 Å². The van der Waals surface area contributed by atoms with Crippen molar-refractivity contribution in [1.29, 1.82) is 5.26 Å². The molecule has 19 heavy (non-hydrogen) atoms. The first-order valence-electron chi connectivity index (χ1n) is 6.17. The predicted octanol–water partition coefficient (Wildman–Crippen LogP) is 3.72. The van der Waals surface area contributed by atoms with Crippen LogP contribution < -0.4 is 0 Å². The molecule has 0 spiro atoms. The highest BCUT2D eigenvalue weighted by Gasteiger charge is 2.32. The van der Waals surface area contributed by atoms with Gasteiger partial charge in [0.1, 0.15) is 0 Å². The van der Waals surface area contributed by atoms with Crippen molar-refractivity contribution in [2.45, 2.75) is 19.3 Å². The lowest BCUT2D eigenvalue weighted by molar-refractivity contribution is 0.0908. The van der Waals surface area contributed by atoms with E-state index in [-0.39, 0.29) is 5.78 Å². The van der Waals surface area contributed by atoms with Crippen LogP contribution in [0.3, 0.4) is 0 Å². The molecule has 0 fully saturated rings. The van der Waals surface area contributed by atoms with Crippen molar-refractivity contribution in [2.75, 3.05) is 0 Å². The Morgan fingerprint density at radius 3 is 2.21 bits per heavy atom. The van der Waals surface area contributed by atoms with Gasteiger partial charge in [-0.05, 0) is 25.5 Å². The second-order valence-electron chi connectivity index (χ2n) is 4.98. The van der Waals surface area contributed by atoms with Gasteiger partial charge in [-0.1, -0.05) is 48.5 Å². The number of nitriles is 1. The van der Waals surface area contributed by atoms with Crippen molar-refractivity contribution in [3.63, 3.8) is 0 Å². The average molecular weight is 249 g/mol. The summed E-state index contributed by atoms with van der Waals surface area (Å²) in [5.74, 6) is 0.0239. The normalized spacial score (nSPS) is 10.8. The van der Waals surface area contributed by atoms with Crippen LogP contribution in [0.1, 0.15) is 35.3 Å². The molecule has 2 aromatic rings. The maximum Gasteiger partial charge on any atom is 0.172 e. The predicted molar refractivity (Wildman–Crippen MR) is 75.0 cm³/mol. The Bertz CT molecular complexity index is 636. The number of carbonyl (C=O) groups is 1. The lowest BCUT2D eigenvalue weighted by atomic mass is 9.76. The van der Waals surface area contributed by atoms with Crippen LogP contribution >= 0.6 is 0 Å². The van der Waals surface area contributed by atoms with Gasteiger partial charge in [-0.2, -0.15) is 5.26 Å². The van der Waals surface area contributed by atoms with Gasteiger partial charge in [-0.25, -0.2) is 0 Å². The number of benzene rings is 2. The summed E-state index contributed by atoms with van der Waals surface area (Å²) in [6.07, 6.45) is 0. The Balaban J connectivity index is 2.49. The molecule has 0 radical (unpaired) electrons. The van der Waals surface area contributed by atoms with E-state index in [1.807, 2.05) is 50.2 Å². The first kappa shape index (κ1) is 13.0. The Morgan fingerprint density at radius 2 is 1.58 bits per heavy atom. The fraction of sp³-hybridized carbons (Fsp3) is 0.176. The third-order valence-electron chi connectivity index (χ3n) is 3.32. The SMILES string of the molecule is CC(C)(C(=O)c1ccccc1)c1ccccc1C#N. The number of rotatable bonds is 3. The molecule has 0 amide bonds. The van der Waals surface area contributed by atoms with E-state index < -0.39 is 5.41 Å². The van der Waals surface area contributed by atoms with E-state index >= 15 is 0 Å². The lowest BCUT2D eigenvalue weighted by Crippen LogP contribution is -2.30. The van der Waals surface area contributed by atoms with E-state index in [1.165, 1.54) is 0 Å². The van der Waals surface area contributed by atoms with Crippen molar-refractivity contribution in [1.82, 2.24) is 0 Å². The van der Waals surface area contributed by atoms with Gasteiger partial charge >= 0.3 is 0 Å². The molecule has 0 aliphatic carbocycles. The summed E-state index contributed by atoms with van der Waals surface area (Å²) in [6, 6.07) is 18.6. The zero-order valence-corrected chi connectivity index (χ0v) is 11.1. The molecule has 0 N–H and O–H groups in total. The summed E-state index contributed by atoms with van der Waals surface area (Å²) in [4.78, 5) is 12.6. The minimum Gasteiger partial charge on any atom is -0.293 e.